The molecule has 1 aliphatic heterocycles. The number of carbonyl (C=O) groups excluding carboxylic acids is 1. The lowest BCUT2D eigenvalue weighted by atomic mass is 9.96. The maximum Gasteiger partial charge on any atom is 0.319 e. The SMILES string of the molecule is CC(C)C(NC(=O)Nc1ccc2c(c1)OCO2)c1ccccc1. The average molecular weight is 312 g/mol. The van der Waals surface area contributed by atoms with Crippen molar-refractivity contribution in [2.75, 3.05) is 12.1 Å². The quantitative estimate of drug-likeness (QED) is 0.899. The van der Waals surface area contributed by atoms with Gasteiger partial charge in [-0.15, -0.1) is 0 Å². The molecule has 5 nitrogen and oxygen atoms in total. The van der Waals surface area contributed by atoms with E-state index in [-0.39, 0.29) is 24.8 Å². The smallest absolute Gasteiger partial charge is 0.319 e. The van der Waals surface area contributed by atoms with Gasteiger partial charge in [0.2, 0.25) is 6.79 Å². The highest BCUT2D eigenvalue weighted by Gasteiger charge is 2.19. The molecule has 2 aromatic rings. The van der Waals surface area contributed by atoms with Crippen LogP contribution in [0.25, 0.3) is 0 Å². The summed E-state index contributed by atoms with van der Waals surface area (Å²) in [6.45, 7) is 4.38. The standard InChI is InChI=1S/C18H20N2O3/c1-12(2)17(13-6-4-3-5-7-13)20-18(21)19-14-8-9-15-16(10-14)23-11-22-15/h3-10,12,17H,11H2,1-2H3,(H2,19,20,21). The molecule has 0 fully saturated rings. The van der Waals surface area contributed by atoms with Crippen molar-refractivity contribution in [2.45, 2.75) is 19.9 Å². The molecule has 3 rings (SSSR count). The average Bonchev–Trinajstić information content (AvgIpc) is 3.01. The van der Waals surface area contributed by atoms with Gasteiger partial charge in [-0.1, -0.05) is 44.2 Å². The van der Waals surface area contributed by atoms with Crippen molar-refractivity contribution in [3.05, 3.63) is 54.1 Å². The van der Waals surface area contributed by atoms with Gasteiger partial charge in [0, 0.05) is 11.8 Å². The number of hydrogen-bond acceptors (Lipinski definition) is 3. The third-order valence-electron chi connectivity index (χ3n) is 3.74. The third-order valence-corrected chi connectivity index (χ3v) is 3.74. The maximum atomic E-state index is 12.3. The summed E-state index contributed by atoms with van der Waals surface area (Å²) in [5.74, 6) is 1.62. The third kappa shape index (κ3) is 3.56. The predicted molar refractivity (Wildman–Crippen MR) is 88.7 cm³/mol. The van der Waals surface area contributed by atoms with Gasteiger partial charge in [0.15, 0.2) is 11.5 Å². The Morgan fingerprint density at radius 1 is 1.04 bits per heavy atom. The van der Waals surface area contributed by atoms with E-state index >= 15 is 0 Å². The normalized spacial score (nSPS) is 13.7. The molecule has 1 unspecified atom stereocenters. The Bertz CT molecular complexity index is 686. The van der Waals surface area contributed by atoms with Crippen LogP contribution in [0.1, 0.15) is 25.5 Å². The second-order valence-corrected chi connectivity index (χ2v) is 5.80. The van der Waals surface area contributed by atoms with E-state index in [1.165, 1.54) is 0 Å². The van der Waals surface area contributed by atoms with E-state index in [2.05, 4.69) is 24.5 Å². The lowest BCUT2D eigenvalue weighted by molar-refractivity contribution is 0.174. The van der Waals surface area contributed by atoms with Crippen LogP contribution in [0.3, 0.4) is 0 Å². The minimum absolute atomic E-state index is 0.0507. The van der Waals surface area contributed by atoms with E-state index in [0.29, 0.717) is 17.2 Å². The van der Waals surface area contributed by atoms with E-state index in [1.807, 2.05) is 30.3 Å². The fourth-order valence-corrected chi connectivity index (χ4v) is 2.58. The zero-order chi connectivity index (χ0) is 16.2. The van der Waals surface area contributed by atoms with Crippen molar-refractivity contribution in [1.82, 2.24) is 5.32 Å². The first-order chi connectivity index (χ1) is 11.1. The molecule has 0 saturated heterocycles. The van der Waals surface area contributed by atoms with Crippen LogP contribution in [0.4, 0.5) is 10.5 Å². The Hall–Kier alpha value is -2.69. The maximum absolute atomic E-state index is 12.3. The highest BCUT2D eigenvalue weighted by molar-refractivity contribution is 5.90. The molecule has 2 amide bonds. The number of rotatable bonds is 4. The summed E-state index contributed by atoms with van der Waals surface area (Å²) < 4.78 is 10.6. The van der Waals surface area contributed by atoms with E-state index in [0.717, 1.165) is 5.56 Å². The van der Waals surface area contributed by atoms with Gasteiger partial charge in [0.05, 0.1) is 6.04 Å². The van der Waals surface area contributed by atoms with Crippen LogP contribution < -0.4 is 20.1 Å². The molecule has 1 aliphatic rings. The summed E-state index contributed by atoms with van der Waals surface area (Å²) in [5.41, 5.74) is 1.76. The Morgan fingerprint density at radius 3 is 2.52 bits per heavy atom. The van der Waals surface area contributed by atoms with E-state index in [1.54, 1.807) is 18.2 Å². The van der Waals surface area contributed by atoms with Gasteiger partial charge >= 0.3 is 6.03 Å². The molecule has 0 aliphatic carbocycles. The lowest BCUT2D eigenvalue weighted by Gasteiger charge is -2.23. The number of hydrogen-bond donors (Lipinski definition) is 2. The van der Waals surface area contributed by atoms with Crippen molar-refractivity contribution in [1.29, 1.82) is 0 Å². The minimum Gasteiger partial charge on any atom is -0.454 e. The highest BCUT2D eigenvalue weighted by Crippen LogP contribution is 2.34. The first kappa shape index (κ1) is 15.2. The van der Waals surface area contributed by atoms with Crippen molar-refractivity contribution < 1.29 is 14.3 Å². The fourth-order valence-electron chi connectivity index (χ4n) is 2.58. The van der Waals surface area contributed by atoms with Gasteiger partial charge in [-0.2, -0.15) is 0 Å². The van der Waals surface area contributed by atoms with Crippen LogP contribution in [0, 0.1) is 5.92 Å². The summed E-state index contributed by atoms with van der Waals surface area (Å²) in [6.07, 6.45) is 0. The number of anilines is 1. The summed E-state index contributed by atoms with van der Waals surface area (Å²) in [6, 6.07) is 15.0. The van der Waals surface area contributed by atoms with Crippen molar-refractivity contribution in [2.24, 2.45) is 5.92 Å². The molecule has 23 heavy (non-hydrogen) atoms. The summed E-state index contributed by atoms with van der Waals surface area (Å²) in [5, 5.41) is 5.87. The van der Waals surface area contributed by atoms with E-state index in [4.69, 9.17) is 9.47 Å². The fraction of sp³-hybridized carbons (Fsp3) is 0.278. The molecule has 1 heterocycles. The number of benzene rings is 2. The number of amides is 2. The molecular formula is C18H20N2O3. The molecule has 2 N–H and O–H groups in total. The number of ether oxygens (including phenoxy) is 2. The second kappa shape index (κ2) is 6.60. The summed E-state index contributed by atoms with van der Waals surface area (Å²) in [4.78, 5) is 12.3. The Kier molecular flexibility index (Phi) is 4.37. The molecule has 2 aromatic carbocycles. The van der Waals surface area contributed by atoms with Crippen molar-refractivity contribution in [3.63, 3.8) is 0 Å². The summed E-state index contributed by atoms with van der Waals surface area (Å²) >= 11 is 0. The van der Waals surface area contributed by atoms with Crippen LogP contribution in [0.5, 0.6) is 11.5 Å². The predicted octanol–water partition coefficient (Wildman–Crippen LogP) is 3.93. The molecule has 0 bridgehead atoms. The molecule has 120 valence electrons. The van der Waals surface area contributed by atoms with Gasteiger partial charge in [0.25, 0.3) is 0 Å². The van der Waals surface area contributed by atoms with Gasteiger partial charge in [0.1, 0.15) is 0 Å². The van der Waals surface area contributed by atoms with Gasteiger partial charge in [-0.05, 0) is 23.6 Å². The summed E-state index contributed by atoms with van der Waals surface area (Å²) in [7, 11) is 0. The van der Waals surface area contributed by atoms with Crippen LogP contribution in [-0.4, -0.2) is 12.8 Å². The van der Waals surface area contributed by atoms with Crippen LogP contribution in [0.15, 0.2) is 48.5 Å². The van der Waals surface area contributed by atoms with E-state index < -0.39 is 0 Å². The molecule has 0 spiro atoms. The monoisotopic (exact) mass is 312 g/mol. The van der Waals surface area contributed by atoms with Crippen LogP contribution in [0.2, 0.25) is 0 Å². The van der Waals surface area contributed by atoms with Gasteiger partial charge in [-0.3, -0.25) is 0 Å². The second-order valence-electron chi connectivity index (χ2n) is 5.80. The first-order valence-electron chi connectivity index (χ1n) is 7.65. The molecule has 0 saturated carbocycles. The lowest BCUT2D eigenvalue weighted by Crippen LogP contribution is -2.35. The van der Waals surface area contributed by atoms with Crippen molar-refractivity contribution in [3.8, 4) is 11.5 Å². The van der Waals surface area contributed by atoms with Crippen LogP contribution >= 0.6 is 0 Å². The van der Waals surface area contributed by atoms with Crippen LogP contribution in [-0.2, 0) is 0 Å². The zero-order valence-corrected chi connectivity index (χ0v) is 13.2. The zero-order valence-electron chi connectivity index (χ0n) is 13.2. The topological polar surface area (TPSA) is 59.6 Å². The molecule has 0 radical (unpaired) electrons. The molecule has 0 aromatic heterocycles. The van der Waals surface area contributed by atoms with E-state index in [9.17, 15) is 4.79 Å². The number of fused-ring (bicyclic) bond motifs is 1. The van der Waals surface area contributed by atoms with Gasteiger partial charge in [-0.25, -0.2) is 4.79 Å². The van der Waals surface area contributed by atoms with Gasteiger partial charge < -0.3 is 20.1 Å². The molecule has 1 atom stereocenters. The number of nitrogens with one attached hydrogen (secondary N) is 2. The largest absolute Gasteiger partial charge is 0.454 e. The molecule has 5 heteroatoms. The van der Waals surface area contributed by atoms with Crippen molar-refractivity contribution >= 4 is 11.7 Å². The number of carbonyl (C=O) groups is 1. The minimum atomic E-state index is -0.244. The Labute approximate surface area is 135 Å². The Morgan fingerprint density at radius 2 is 1.78 bits per heavy atom. The molecular weight excluding hydrogens is 292 g/mol. The number of urea groups is 1. The Balaban J connectivity index is 1.68. The first-order valence-corrected chi connectivity index (χ1v) is 7.65. The highest BCUT2D eigenvalue weighted by atomic mass is 16.7.